The van der Waals surface area contributed by atoms with Gasteiger partial charge in [0.25, 0.3) is 5.91 Å². The summed E-state index contributed by atoms with van der Waals surface area (Å²) in [5.41, 5.74) is 1.83. The Morgan fingerprint density at radius 3 is 2.69 bits per heavy atom. The standard InChI is InChI=1S/C19H17Cl2NO4/c1-12-6-8-15(20)19(18(12)21)22-16(23)11-26-17(24)9-7-13-4-3-5-14(10-13)25-2/h3-10H,11H2,1-2H3,(H,22,23)/b9-7+. The molecule has 0 heterocycles. The van der Waals surface area contributed by atoms with Gasteiger partial charge in [-0.05, 0) is 42.3 Å². The zero-order valence-electron chi connectivity index (χ0n) is 14.2. The van der Waals surface area contributed by atoms with Gasteiger partial charge in [-0.3, -0.25) is 4.79 Å². The molecule has 2 aromatic carbocycles. The van der Waals surface area contributed by atoms with Crippen LogP contribution in [0, 0.1) is 6.92 Å². The average Bonchev–Trinajstić information content (AvgIpc) is 2.65. The van der Waals surface area contributed by atoms with Crippen molar-refractivity contribution in [2.75, 3.05) is 19.0 Å². The molecule has 0 aliphatic carbocycles. The van der Waals surface area contributed by atoms with E-state index in [1.54, 1.807) is 56.5 Å². The molecule has 2 rings (SSSR count). The van der Waals surface area contributed by atoms with E-state index in [2.05, 4.69) is 5.32 Å². The summed E-state index contributed by atoms with van der Waals surface area (Å²) >= 11 is 12.1. The third-order valence-electron chi connectivity index (χ3n) is 3.40. The Hall–Kier alpha value is -2.50. The largest absolute Gasteiger partial charge is 0.497 e. The zero-order chi connectivity index (χ0) is 19.1. The Kier molecular flexibility index (Phi) is 7.06. The fourth-order valence-corrected chi connectivity index (χ4v) is 2.51. The van der Waals surface area contributed by atoms with Gasteiger partial charge >= 0.3 is 5.97 Å². The molecule has 0 bridgehead atoms. The number of amides is 1. The van der Waals surface area contributed by atoms with Gasteiger partial charge in [0.1, 0.15) is 5.75 Å². The second-order valence-electron chi connectivity index (χ2n) is 5.32. The molecule has 0 atom stereocenters. The normalized spacial score (nSPS) is 10.6. The Morgan fingerprint density at radius 2 is 1.96 bits per heavy atom. The number of hydrogen-bond acceptors (Lipinski definition) is 4. The lowest BCUT2D eigenvalue weighted by molar-refractivity contribution is -0.142. The first-order valence-corrected chi connectivity index (χ1v) is 8.39. The molecule has 0 fully saturated rings. The Labute approximate surface area is 161 Å². The fraction of sp³-hybridized carbons (Fsp3) is 0.158. The molecule has 0 saturated heterocycles. The number of carbonyl (C=O) groups is 2. The topological polar surface area (TPSA) is 64.6 Å². The SMILES string of the molecule is COc1cccc(/C=C/C(=O)OCC(=O)Nc2c(Cl)ccc(C)c2Cl)c1. The molecule has 0 aliphatic rings. The number of halogens is 2. The second kappa shape index (κ2) is 9.27. The highest BCUT2D eigenvalue weighted by atomic mass is 35.5. The summed E-state index contributed by atoms with van der Waals surface area (Å²) in [6, 6.07) is 10.5. The van der Waals surface area contributed by atoms with Crippen LogP contribution in [0.5, 0.6) is 5.75 Å². The van der Waals surface area contributed by atoms with Crippen molar-refractivity contribution >= 4 is 46.8 Å². The van der Waals surface area contributed by atoms with Crippen LogP contribution in [0.4, 0.5) is 5.69 Å². The molecule has 136 valence electrons. The number of rotatable bonds is 6. The monoisotopic (exact) mass is 393 g/mol. The van der Waals surface area contributed by atoms with Gasteiger partial charge in [-0.15, -0.1) is 0 Å². The number of ether oxygens (including phenoxy) is 2. The molecule has 2 aromatic rings. The third kappa shape index (κ3) is 5.51. The molecule has 0 spiro atoms. The molecule has 7 heteroatoms. The number of aryl methyl sites for hydroxylation is 1. The van der Waals surface area contributed by atoms with Crippen LogP contribution in [0.2, 0.25) is 10.0 Å². The molecular weight excluding hydrogens is 377 g/mol. The molecule has 0 saturated carbocycles. The molecule has 0 radical (unpaired) electrons. The maximum absolute atomic E-state index is 11.9. The minimum absolute atomic E-state index is 0.293. The molecule has 1 amide bonds. The highest BCUT2D eigenvalue weighted by Gasteiger charge is 2.13. The molecule has 1 N–H and O–H groups in total. The summed E-state index contributed by atoms with van der Waals surface area (Å²) in [5.74, 6) is -0.515. The number of carbonyl (C=O) groups excluding carboxylic acids is 2. The lowest BCUT2D eigenvalue weighted by Crippen LogP contribution is -2.20. The minimum Gasteiger partial charge on any atom is -0.497 e. The van der Waals surface area contributed by atoms with Crippen molar-refractivity contribution in [1.82, 2.24) is 0 Å². The van der Waals surface area contributed by atoms with E-state index in [9.17, 15) is 9.59 Å². The van der Waals surface area contributed by atoms with Gasteiger partial charge in [-0.1, -0.05) is 41.4 Å². The predicted octanol–water partition coefficient (Wildman–Crippen LogP) is 4.51. The molecule has 0 aromatic heterocycles. The maximum Gasteiger partial charge on any atom is 0.331 e. The number of hydrogen-bond donors (Lipinski definition) is 1. The van der Waals surface area contributed by atoms with Gasteiger partial charge in [0.2, 0.25) is 0 Å². The second-order valence-corrected chi connectivity index (χ2v) is 6.10. The third-order valence-corrected chi connectivity index (χ3v) is 4.20. The fourth-order valence-electron chi connectivity index (χ4n) is 2.04. The number of esters is 1. The lowest BCUT2D eigenvalue weighted by Gasteiger charge is -2.11. The summed E-state index contributed by atoms with van der Waals surface area (Å²) in [7, 11) is 1.56. The quantitative estimate of drug-likeness (QED) is 0.579. The van der Waals surface area contributed by atoms with E-state index in [0.29, 0.717) is 21.5 Å². The first-order chi connectivity index (χ1) is 12.4. The molecule has 26 heavy (non-hydrogen) atoms. The van der Waals surface area contributed by atoms with E-state index < -0.39 is 18.5 Å². The van der Waals surface area contributed by atoms with Crippen molar-refractivity contribution in [2.45, 2.75) is 6.92 Å². The van der Waals surface area contributed by atoms with Gasteiger partial charge in [0, 0.05) is 6.08 Å². The van der Waals surface area contributed by atoms with E-state index in [1.165, 1.54) is 6.08 Å². The number of anilines is 1. The summed E-state index contributed by atoms with van der Waals surface area (Å²) in [6.45, 7) is 1.33. The molecule has 5 nitrogen and oxygen atoms in total. The van der Waals surface area contributed by atoms with Crippen LogP contribution in [-0.4, -0.2) is 25.6 Å². The Bertz CT molecular complexity index is 849. The lowest BCUT2D eigenvalue weighted by atomic mass is 10.2. The summed E-state index contributed by atoms with van der Waals surface area (Å²) in [4.78, 5) is 23.7. The first kappa shape index (κ1) is 19.8. The van der Waals surface area contributed by atoms with E-state index in [-0.39, 0.29) is 0 Å². The van der Waals surface area contributed by atoms with E-state index in [0.717, 1.165) is 11.1 Å². The van der Waals surface area contributed by atoms with Crippen LogP contribution in [0.3, 0.4) is 0 Å². The van der Waals surface area contributed by atoms with Crippen LogP contribution in [0.15, 0.2) is 42.5 Å². The van der Waals surface area contributed by atoms with Crippen molar-refractivity contribution < 1.29 is 19.1 Å². The van der Waals surface area contributed by atoms with Gasteiger partial charge in [0.15, 0.2) is 6.61 Å². The zero-order valence-corrected chi connectivity index (χ0v) is 15.7. The van der Waals surface area contributed by atoms with Crippen LogP contribution < -0.4 is 10.1 Å². The van der Waals surface area contributed by atoms with Crippen molar-refractivity contribution in [3.63, 3.8) is 0 Å². The van der Waals surface area contributed by atoms with Crippen LogP contribution in [-0.2, 0) is 14.3 Å². The smallest absolute Gasteiger partial charge is 0.331 e. The Balaban J connectivity index is 1.90. The maximum atomic E-state index is 11.9. The summed E-state index contributed by atoms with van der Waals surface area (Å²) in [6.07, 6.45) is 2.80. The average molecular weight is 394 g/mol. The van der Waals surface area contributed by atoms with Crippen molar-refractivity contribution in [3.8, 4) is 5.75 Å². The molecular formula is C19H17Cl2NO4. The number of methoxy groups -OCH3 is 1. The molecule has 0 unspecified atom stereocenters. The first-order valence-electron chi connectivity index (χ1n) is 7.64. The summed E-state index contributed by atoms with van der Waals surface area (Å²) in [5, 5.41) is 3.19. The van der Waals surface area contributed by atoms with Crippen molar-refractivity contribution in [1.29, 1.82) is 0 Å². The van der Waals surface area contributed by atoms with Gasteiger partial charge < -0.3 is 14.8 Å². The molecule has 0 aliphatic heterocycles. The van der Waals surface area contributed by atoms with Gasteiger partial charge in [-0.2, -0.15) is 0 Å². The van der Waals surface area contributed by atoms with Crippen LogP contribution in [0.25, 0.3) is 6.08 Å². The Morgan fingerprint density at radius 1 is 1.19 bits per heavy atom. The van der Waals surface area contributed by atoms with E-state index in [4.69, 9.17) is 32.7 Å². The van der Waals surface area contributed by atoms with Gasteiger partial charge in [-0.25, -0.2) is 4.79 Å². The predicted molar refractivity (Wildman–Crippen MR) is 103 cm³/mol. The minimum atomic E-state index is -0.649. The summed E-state index contributed by atoms with van der Waals surface area (Å²) < 4.78 is 10.0. The number of nitrogens with one attached hydrogen (secondary N) is 1. The van der Waals surface area contributed by atoms with E-state index >= 15 is 0 Å². The highest BCUT2D eigenvalue weighted by Crippen LogP contribution is 2.32. The van der Waals surface area contributed by atoms with Crippen LogP contribution >= 0.6 is 23.2 Å². The van der Waals surface area contributed by atoms with Crippen molar-refractivity contribution in [2.24, 2.45) is 0 Å². The van der Waals surface area contributed by atoms with Crippen molar-refractivity contribution in [3.05, 3.63) is 63.6 Å². The van der Waals surface area contributed by atoms with Gasteiger partial charge in [0.05, 0.1) is 22.8 Å². The number of benzene rings is 2. The highest BCUT2D eigenvalue weighted by molar-refractivity contribution is 6.40. The van der Waals surface area contributed by atoms with E-state index in [1.807, 2.05) is 0 Å². The van der Waals surface area contributed by atoms with Crippen LogP contribution in [0.1, 0.15) is 11.1 Å².